The average Bonchev–Trinajstić information content (AvgIpc) is 3.29. The van der Waals surface area contributed by atoms with E-state index in [1.807, 2.05) is 10.7 Å². The van der Waals surface area contributed by atoms with Crippen molar-refractivity contribution in [1.82, 2.24) is 30.1 Å². The molecule has 27 heavy (non-hydrogen) atoms. The van der Waals surface area contributed by atoms with Gasteiger partial charge < -0.3 is 10.6 Å². The van der Waals surface area contributed by atoms with Crippen LogP contribution < -0.4 is 10.6 Å². The number of rotatable bonds is 3. The fourth-order valence-electron chi connectivity index (χ4n) is 3.99. The van der Waals surface area contributed by atoms with E-state index in [1.54, 1.807) is 6.33 Å². The van der Waals surface area contributed by atoms with E-state index < -0.39 is 0 Å². The van der Waals surface area contributed by atoms with Crippen molar-refractivity contribution in [3.05, 3.63) is 41.9 Å². The molecule has 4 aromatic rings. The van der Waals surface area contributed by atoms with Gasteiger partial charge in [0.15, 0.2) is 11.5 Å². The first-order chi connectivity index (χ1) is 13.2. The van der Waals surface area contributed by atoms with Gasteiger partial charge in [0.05, 0.1) is 5.52 Å². The highest BCUT2D eigenvalue weighted by atomic mass is 15.3. The van der Waals surface area contributed by atoms with Gasteiger partial charge in [0.1, 0.15) is 6.33 Å². The lowest BCUT2D eigenvalue weighted by atomic mass is 9.99. The molecule has 7 nitrogen and oxygen atoms in total. The number of fused-ring (bicyclic) bond motifs is 2. The Morgan fingerprint density at radius 3 is 2.81 bits per heavy atom. The van der Waals surface area contributed by atoms with Crippen molar-refractivity contribution in [2.24, 2.45) is 0 Å². The van der Waals surface area contributed by atoms with Gasteiger partial charge >= 0.3 is 0 Å². The smallest absolute Gasteiger partial charge is 0.158 e. The van der Waals surface area contributed by atoms with Crippen molar-refractivity contribution in [3.63, 3.8) is 0 Å². The van der Waals surface area contributed by atoms with Gasteiger partial charge in [-0.15, -0.1) is 0 Å². The van der Waals surface area contributed by atoms with Gasteiger partial charge in [-0.1, -0.05) is 0 Å². The van der Waals surface area contributed by atoms with E-state index in [0.717, 1.165) is 59.4 Å². The number of nitrogens with one attached hydrogen (secondary N) is 3. The minimum Gasteiger partial charge on any atom is -0.365 e. The normalized spacial score (nSPS) is 15.6. The molecule has 4 heterocycles. The third-order valence-electron chi connectivity index (χ3n) is 5.46. The summed E-state index contributed by atoms with van der Waals surface area (Å²) in [5.74, 6) is 0.953. The monoisotopic (exact) mass is 361 g/mol. The summed E-state index contributed by atoms with van der Waals surface area (Å²) in [6.45, 7) is 6.34. The summed E-state index contributed by atoms with van der Waals surface area (Å²) in [4.78, 5) is 4.31. The Morgan fingerprint density at radius 2 is 1.96 bits per heavy atom. The highest BCUT2D eigenvalue weighted by molar-refractivity contribution is 5.94. The standard InChI is InChI=1S/C20H23N7/c1-12-8-17-18(25-26-19(17)24-15-3-5-21-6-4-15)9-16(12)14-7-13(2)20-22-11-23-27(20)10-14/h7-11,15,21H,3-6H2,1-2H3,(H2,24,25,26). The number of pyridine rings is 1. The van der Waals surface area contributed by atoms with Gasteiger partial charge in [-0.2, -0.15) is 10.2 Å². The number of H-pyrrole nitrogens is 1. The largest absolute Gasteiger partial charge is 0.365 e. The lowest BCUT2D eigenvalue weighted by Gasteiger charge is -2.23. The maximum absolute atomic E-state index is 4.54. The Labute approximate surface area is 157 Å². The van der Waals surface area contributed by atoms with Gasteiger partial charge in [0, 0.05) is 23.2 Å². The van der Waals surface area contributed by atoms with E-state index in [4.69, 9.17) is 0 Å². The lowest BCUT2D eigenvalue weighted by molar-refractivity contribution is 0.478. The van der Waals surface area contributed by atoms with Crippen LogP contribution in [-0.2, 0) is 0 Å². The third kappa shape index (κ3) is 2.84. The second-order valence-corrected chi connectivity index (χ2v) is 7.39. The van der Waals surface area contributed by atoms with Crippen molar-refractivity contribution in [2.75, 3.05) is 18.4 Å². The Morgan fingerprint density at radius 1 is 1.11 bits per heavy atom. The zero-order valence-corrected chi connectivity index (χ0v) is 15.6. The van der Waals surface area contributed by atoms with Gasteiger partial charge in [0.2, 0.25) is 0 Å². The van der Waals surface area contributed by atoms with E-state index in [0.29, 0.717) is 6.04 Å². The summed E-state index contributed by atoms with van der Waals surface area (Å²) in [5.41, 5.74) is 6.58. The maximum Gasteiger partial charge on any atom is 0.158 e. The van der Waals surface area contributed by atoms with Crippen LogP contribution in [0.1, 0.15) is 24.0 Å². The summed E-state index contributed by atoms with van der Waals surface area (Å²) in [6, 6.07) is 7.05. The SMILES string of the molecule is Cc1cc2c(NC3CCNCC3)n[nH]c2cc1-c1cc(C)c2ncnn2c1. The highest BCUT2D eigenvalue weighted by Gasteiger charge is 2.17. The molecule has 0 unspecified atom stereocenters. The first kappa shape index (κ1) is 16.3. The number of piperidine rings is 1. The minimum absolute atomic E-state index is 0.482. The van der Waals surface area contributed by atoms with Crippen LogP contribution >= 0.6 is 0 Å². The van der Waals surface area contributed by atoms with E-state index in [9.17, 15) is 0 Å². The molecule has 0 amide bonds. The Bertz CT molecular complexity index is 1120. The molecule has 0 saturated carbocycles. The molecule has 1 aromatic carbocycles. The van der Waals surface area contributed by atoms with Crippen LogP contribution in [0.2, 0.25) is 0 Å². The van der Waals surface area contributed by atoms with Crippen LogP contribution in [0.5, 0.6) is 0 Å². The van der Waals surface area contributed by atoms with Crippen LogP contribution in [0.4, 0.5) is 5.82 Å². The molecule has 138 valence electrons. The van der Waals surface area contributed by atoms with Crippen molar-refractivity contribution in [1.29, 1.82) is 0 Å². The summed E-state index contributed by atoms with van der Waals surface area (Å²) < 4.78 is 1.84. The third-order valence-corrected chi connectivity index (χ3v) is 5.46. The number of aryl methyl sites for hydroxylation is 2. The first-order valence-corrected chi connectivity index (χ1v) is 9.45. The fourth-order valence-corrected chi connectivity index (χ4v) is 3.99. The Kier molecular flexibility index (Phi) is 3.82. The second kappa shape index (κ2) is 6.35. The fraction of sp³-hybridized carbons (Fsp3) is 0.350. The predicted molar refractivity (Wildman–Crippen MR) is 107 cm³/mol. The number of aromatic nitrogens is 5. The van der Waals surface area contributed by atoms with E-state index in [1.165, 1.54) is 11.1 Å². The molecule has 7 heteroatoms. The van der Waals surface area contributed by atoms with E-state index >= 15 is 0 Å². The molecule has 0 bridgehead atoms. The summed E-state index contributed by atoms with van der Waals surface area (Å²) in [5, 5.41) is 20.2. The van der Waals surface area contributed by atoms with Crippen LogP contribution in [0.25, 0.3) is 27.7 Å². The number of anilines is 1. The van der Waals surface area contributed by atoms with Crippen LogP contribution in [0.15, 0.2) is 30.7 Å². The molecule has 1 saturated heterocycles. The molecule has 1 fully saturated rings. The van der Waals surface area contributed by atoms with E-state index in [-0.39, 0.29) is 0 Å². The molecule has 0 aliphatic carbocycles. The number of hydrogen-bond acceptors (Lipinski definition) is 5. The van der Waals surface area contributed by atoms with Crippen LogP contribution in [-0.4, -0.2) is 43.9 Å². The van der Waals surface area contributed by atoms with Crippen molar-refractivity contribution < 1.29 is 0 Å². The molecule has 0 spiro atoms. The molecule has 1 aliphatic heterocycles. The van der Waals surface area contributed by atoms with Gasteiger partial charge in [-0.25, -0.2) is 9.50 Å². The Hall–Kier alpha value is -2.93. The minimum atomic E-state index is 0.482. The van der Waals surface area contributed by atoms with Crippen molar-refractivity contribution in [3.8, 4) is 11.1 Å². The molecule has 0 radical (unpaired) electrons. The van der Waals surface area contributed by atoms with Crippen LogP contribution in [0, 0.1) is 13.8 Å². The highest BCUT2D eigenvalue weighted by Crippen LogP contribution is 2.32. The summed E-state index contributed by atoms with van der Waals surface area (Å²) in [6.07, 6.45) is 5.88. The molecule has 1 aliphatic rings. The average molecular weight is 361 g/mol. The molecule has 5 rings (SSSR count). The predicted octanol–water partition coefficient (Wildman–Crippen LogP) is 3.05. The molecule has 3 aromatic heterocycles. The number of benzene rings is 1. The van der Waals surface area contributed by atoms with Gasteiger partial charge in [-0.3, -0.25) is 5.10 Å². The Balaban J connectivity index is 1.54. The number of hydrogen-bond donors (Lipinski definition) is 3. The molecule has 3 N–H and O–H groups in total. The molecule has 0 atom stereocenters. The van der Waals surface area contributed by atoms with Crippen molar-refractivity contribution >= 4 is 22.4 Å². The number of aromatic amines is 1. The maximum atomic E-state index is 4.54. The van der Waals surface area contributed by atoms with Crippen LogP contribution in [0.3, 0.4) is 0 Å². The summed E-state index contributed by atoms with van der Waals surface area (Å²) >= 11 is 0. The first-order valence-electron chi connectivity index (χ1n) is 9.45. The van der Waals surface area contributed by atoms with Crippen molar-refractivity contribution in [2.45, 2.75) is 32.7 Å². The van der Waals surface area contributed by atoms with E-state index in [2.05, 4.69) is 63.0 Å². The molecular formula is C20H23N7. The van der Waals surface area contributed by atoms with Gasteiger partial charge in [-0.05, 0) is 74.7 Å². The zero-order chi connectivity index (χ0) is 18.4. The number of nitrogens with zero attached hydrogens (tertiary/aromatic N) is 4. The molecular weight excluding hydrogens is 338 g/mol. The lowest BCUT2D eigenvalue weighted by Crippen LogP contribution is -2.35. The quantitative estimate of drug-likeness (QED) is 0.522. The zero-order valence-electron chi connectivity index (χ0n) is 15.6. The summed E-state index contributed by atoms with van der Waals surface area (Å²) in [7, 11) is 0. The topological polar surface area (TPSA) is 82.9 Å². The second-order valence-electron chi connectivity index (χ2n) is 7.39. The van der Waals surface area contributed by atoms with Gasteiger partial charge in [0.25, 0.3) is 0 Å².